The van der Waals surface area contributed by atoms with Crippen LogP contribution in [0, 0.1) is 0 Å². The number of carboxylic acid groups (broad SMARTS) is 1. The molecule has 6 heterocycles. The van der Waals surface area contributed by atoms with Gasteiger partial charge in [-0.05, 0) is 162 Å². The van der Waals surface area contributed by atoms with E-state index < -0.39 is 71.5 Å². The van der Waals surface area contributed by atoms with Gasteiger partial charge in [-0.2, -0.15) is 54.0 Å². The SMILES string of the molecule is C.C.CCC(=O)CCCCC[C@H](N)c1ncc(-c2cc(OC)c3ccccc3n2)[nH]1.CCC(=O)CCCCC[C@H](NC(=O)OC(C)(C)C)C(=O)O.CCC(=O)CCCCC[C@H](NC(=O)OC(C)(C)C)C(=O)OCC(=O)c1cc(OC)c2ccccc2n1.CCC(=O)CCCCC[C@H](NC(=O)OC(C)(C)C)c1ncc(-c2cc(OC)c3ccccc3n2)[nH]1.COc1cc(C(=O)CCl)nc2ccccc12.S.S.S.S. The van der Waals surface area contributed by atoms with Crippen molar-refractivity contribution in [3.8, 4) is 45.8 Å². The van der Waals surface area contributed by atoms with Crippen molar-refractivity contribution >= 4 is 174 Å². The number of imidazole rings is 2. The van der Waals surface area contributed by atoms with Crippen LogP contribution in [0.3, 0.4) is 0 Å². The number of aromatic amines is 2. The Morgan fingerprint density at radius 1 is 0.401 bits per heavy atom. The highest BCUT2D eigenvalue weighted by molar-refractivity contribution is 7.59. The van der Waals surface area contributed by atoms with E-state index in [1.165, 1.54) is 13.2 Å². The smallest absolute Gasteiger partial charge is 0.408 e. The number of halogens is 1. The van der Waals surface area contributed by atoms with E-state index in [0.717, 1.165) is 130 Å². The third-order valence-electron chi connectivity index (χ3n) is 21.1. The van der Waals surface area contributed by atoms with Crippen molar-refractivity contribution in [3.05, 3.63) is 157 Å². The Hall–Kier alpha value is -11.4. The number of esters is 1. The number of para-hydroxylation sites is 4. The zero-order chi connectivity index (χ0) is 100. The highest BCUT2D eigenvalue weighted by atomic mass is 35.5. The first-order chi connectivity index (χ1) is 64.8. The van der Waals surface area contributed by atoms with Crippen molar-refractivity contribution in [1.29, 1.82) is 0 Å². The zero-order valence-corrected chi connectivity index (χ0v) is 88.5. The summed E-state index contributed by atoms with van der Waals surface area (Å²) in [5, 5.41) is 20.5. The number of aliphatic carboxylic acids is 1. The van der Waals surface area contributed by atoms with Gasteiger partial charge in [0.15, 0.2) is 12.4 Å². The molecule has 0 spiro atoms. The number of H-pyrrole nitrogens is 2. The number of fused-ring (bicyclic) bond motifs is 4. The largest absolute Gasteiger partial charge is 0.496 e. The van der Waals surface area contributed by atoms with Crippen molar-refractivity contribution < 1.29 is 95.7 Å². The molecule has 0 aliphatic rings. The van der Waals surface area contributed by atoms with Crippen LogP contribution in [0.2, 0.25) is 0 Å². The number of rotatable bonds is 46. The molecule has 0 unspecified atom stereocenters. The summed E-state index contributed by atoms with van der Waals surface area (Å²) < 4.78 is 42.7. The molecule has 10 aromatic rings. The molecule has 4 atom stereocenters. The molecule has 4 aromatic carbocycles. The van der Waals surface area contributed by atoms with Crippen LogP contribution in [0.1, 0.15) is 304 Å². The average Bonchev–Trinajstić information content (AvgIpc) is 1.54. The van der Waals surface area contributed by atoms with Crippen molar-refractivity contribution in [2.75, 3.05) is 40.9 Å². The number of hydrogen-bond acceptors (Lipinski definition) is 26. The van der Waals surface area contributed by atoms with Gasteiger partial charge in [0, 0.05) is 97.2 Å². The standard InChI is InChI=1S/C27H36N4O4.C27H36N2O7.C22H28N4O2.C15H27NO5.C12H10ClNO2.2CH4.4H2S/c1-6-18(32)12-8-7-9-15-21(31-26(33)35-27(2,3)4)25-28-17-23(30-25)22-16-24(34-5)19-13-10-11-14-20(19)29-22;1-6-18(30)12-8-7-9-15-21(29-26(33)36-27(2,3)4)25(32)35-17-23(31)22-16-24(34-5)19-13-10-11-14-20(19)28-22;1-3-15(27)9-5-4-6-11-17(23)22-24-14-20(26-22)19-13-21(28-2)16-10-7-8-12-18(16)25-19;1-5-11(17)9-7-6-8-10-12(13(18)19)16-14(20)21-15(2,3)4;1-16-12-6-10(11(15)7-13)14-9-5-3-2-4-8(9)12;;;;;;/h10-11,13-14,16-17,21H,6-9,12,15H2,1-5H3,(H,28,30)(H,31,33);10-11,13-14,16,21H,6-9,12,15,17H2,1-5H3,(H,29,33);7-8,10,12-14,17H,3-6,9,11,23H2,1-2H3,(H,24,26);12H,5-10H2,1-4H3,(H,16,20)(H,18,19);2-6H,7H2,1H3;2*1H4;4*1H2/t2*21-;17-;12-;;;;;;;/m0000......./s1. The molecule has 6 aromatic heterocycles. The Morgan fingerprint density at radius 2 is 0.711 bits per heavy atom. The van der Waals surface area contributed by atoms with Crippen molar-refractivity contribution in [2.45, 2.75) is 300 Å². The van der Waals surface area contributed by atoms with Crippen LogP contribution in [0.15, 0.2) is 134 Å². The van der Waals surface area contributed by atoms with Gasteiger partial charge in [-0.25, -0.2) is 53.9 Å². The first-order valence-corrected chi connectivity index (χ1v) is 47.0. The maximum atomic E-state index is 12.8. The number of ether oxygens (including phenoxy) is 8. The molecule has 0 saturated heterocycles. The molecule has 0 aliphatic heterocycles. The van der Waals surface area contributed by atoms with Gasteiger partial charge in [-0.15, -0.1) is 11.6 Å². The van der Waals surface area contributed by atoms with Gasteiger partial charge in [0.05, 0.1) is 104 Å². The van der Waals surface area contributed by atoms with Gasteiger partial charge in [0.25, 0.3) is 0 Å². The third kappa shape index (κ3) is 46.3. The number of aromatic nitrogens is 8. The fourth-order valence-electron chi connectivity index (χ4n) is 13.9. The molecule has 142 heavy (non-hydrogen) atoms. The number of carboxylic acids is 1. The number of benzene rings is 4. The quantitative estimate of drug-likeness (QED) is 0.00612. The Bertz CT molecular complexity index is 5610. The number of nitrogens with two attached hydrogens (primary N) is 1. The number of alkyl carbamates (subject to hydrolysis) is 3. The first kappa shape index (κ1) is 131. The summed E-state index contributed by atoms with van der Waals surface area (Å²) >= 11 is 5.50. The van der Waals surface area contributed by atoms with Gasteiger partial charge in [0.2, 0.25) is 5.78 Å². The summed E-state index contributed by atoms with van der Waals surface area (Å²) in [6.45, 7) is 22.7. The monoisotopic (exact) mass is 2060 g/mol. The molecule has 10 rings (SSSR count). The van der Waals surface area contributed by atoms with Crippen LogP contribution >= 0.6 is 65.6 Å². The van der Waals surface area contributed by atoms with E-state index in [4.69, 9.17) is 70.3 Å². The number of amides is 3. The van der Waals surface area contributed by atoms with Crippen molar-refractivity contribution in [3.63, 3.8) is 0 Å². The number of carbonyl (C=O) groups excluding carboxylic acids is 10. The maximum Gasteiger partial charge on any atom is 0.408 e. The molecular weight excluding hydrogens is 1910 g/mol. The Labute approximate surface area is 869 Å². The highest BCUT2D eigenvalue weighted by Gasteiger charge is 2.30. The van der Waals surface area contributed by atoms with Crippen LogP contribution in [0.5, 0.6) is 23.0 Å². The normalized spacial score (nSPS) is 11.5. The zero-order valence-electron chi connectivity index (χ0n) is 83.7. The van der Waals surface area contributed by atoms with E-state index >= 15 is 0 Å². The van der Waals surface area contributed by atoms with Gasteiger partial charge >= 0.3 is 30.2 Å². The minimum Gasteiger partial charge on any atom is -0.496 e. The number of nitrogens with one attached hydrogen (secondary N) is 5. The predicted octanol–water partition coefficient (Wildman–Crippen LogP) is 22.8. The average molecular weight is 2070 g/mol. The van der Waals surface area contributed by atoms with E-state index in [0.29, 0.717) is 130 Å². The first-order valence-electron chi connectivity index (χ1n) is 46.5. The summed E-state index contributed by atoms with van der Waals surface area (Å²) in [6, 6.07) is 34.9. The number of alkyl halides is 1. The molecule has 3 amide bonds. The summed E-state index contributed by atoms with van der Waals surface area (Å²) in [7, 11) is 6.37. The highest BCUT2D eigenvalue weighted by Crippen LogP contribution is 2.34. The molecule has 784 valence electrons. The van der Waals surface area contributed by atoms with Crippen molar-refractivity contribution in [2.24, 2.45) is 5.73 Å². The molecule has 0 saturated carbocycles. The molecule has 32 nitrogen and oxygen atoms in total. The summed E-state index contributed by atoms with van der Waals surface area (Å²) in [5.74, 6) is 2.44. The molecule has 0 fully saturated rings. The Balaban J connectivity index is 0.00000177. The second-order valence-electron chi connectivity index (χ2n) is 35.4. The molecule has 0 aliphatic carbocycles. The fraction of sp³-hybridized carbons (Fsp3) is 0.495. The number of Topliss-reactive ketones (excluding diaryl/α,β-unsaturated/α-hetero) is 6. The number of ketones is 6. The van der Waals surface area contributed by atoms with Crippen LogP contribution in [0.4, 0.5) is 14.4 Å². The number of hydrogen-bond donors (Lipinski definition) is 7. The minimum atomic E-state index is -1.08. The number of unbranched alkanes of at least 4 members (excludes halogenated alkanes) is 8. The van der Waals surface area contributed by atoms with E-state index in [1.54, 1.807) is 93.5 Å². The maximum absolute atomic E-state index is 12.8. The van der Waals surface area contributed by atoms with Gasteiger partial charge in [0.1, 0.15) is 98.1 Å². The minimum absolute atomic E-state index is 0. The summed E-state index contributed by atoms with van der Waals surface area (Å²) in [6.07, 6.45) is 17.9. The van der Waals surface area contributed by atoms with Crippen LogP contribution < -0.4 is 40.6 Å². The third-order valence-corrected chi connectivity index (χ3v) is 21.3. The lowest BCUT2D eigenvalue weighted by molar-refractivity contribution is -0.145. The van der Waals surface area contributed by atoms with E-state index in [9.17, 15) is 52.7 Å². The van der Waals surface area contributed by atoms with Gasteiger partial charge in [-0.1, -0.05) is 142 Å². The number of carbonyl (C=O) groups is 11. The summed E-state index contributed by atoms with van der Waals surface area (Å²) in [4.78, 5) is 164. The molecule has 37 heteroatoms. The van der Waals surface area contributed by atoms with E-state index in [1.807, 2.05) is 146 Å². The van der Waals surface area contributed by atoms with Gasteiger partial charge < -0.3 is 74.7 Å². The van der Waals surface area contributed by atoms with Crippen molar-refractivity contribution in [1.82, 2.24) is 55.8 Å². The van der Waals surface area contributed by atoms with Crippen LogP contribution in [-0.4, -0.2) is 180 Å². The molecule has 8 N–H and O–H groups in total. The Morgan fingerprint density at radius 3 is 1.06 bits per heavy atom. The number of pyridine rings is 4. The van der Waals surface area contributed by atoms with Gasteiger partial charge in [-0.3, -0.25) is 28.8 Å². The lowest BCUT2D eigenvalue weighted by Gasteiger charge is -2.23. The molecule has 0 bridgehead atoms. The predicted molar refractivity (Wildman–Crippen MR) is 580 cm³/mol. The topological polar surface area (TPSA) is 453 Å². The van der Waals surface area contributed by atoms with E-state index in [-0.39, 0.29) is 122 Å². The second kappa shape index (κ2) is 67.2. The number of methoxy groups -OCH3 is 4. The summed E-state index contributed by atoms with van der Waals surface area (Å²) in [5.41, 5.74) is 10.8. The van der Waals surface area contributed by atoms with Crippen LogP contribution in [0.25, 0.3) is 66.4 Å². The molecular formula is C105H153ClN12O20S4. The number of nitrogens with zero attached hydrogens (tertiary/aromatic N) is 6. The molecule has 0 radical (unpaired) electrons. The van der Waals surface area contributed by atoms with Crippen LogP contribution in [-0.2, 0) is 47.7 Å². The second-order valence-corrected chi connectivity index (χ2v) is 35.6. The lowest BCUT2D eigenvalue weighted by Crippen LogP contribution is -2.44. The fourth-order valence-corrected chi connectivity index (χ4v) is 14.0. The Kier molecular flexibility index (Phi) is 61.7. The van der Waals surface area contributed by atoms with E-state index in [2.05, 4.69) is 45.9 Å². The lowest BCUT2D eigenvalue weighted by atomic mass is 10.0.